The summed E-state index contributed by atoms with van der Waals surface area (Å²) in [5, 5.41) is 3.28. The standard InChI is InChI=1S/C18H21N3O2/c22-18(14-7-4-9-19-14)21-10-8-16-15(12-21)20-17(23-16)11-13-5-2-1-3-6-13/h1-3,5-6,14,19H,4,7-12H2/t14-/m0/s1. The van der Waals surface area contributed by atoms with Gasteiger partial charge in [0.05, 0.1) is 12.6 Å². The van der Waals surface area contributed by atoms with E-state index in [1.165, 1.54) is 5.56 Å². The van der Waals surface area contributed by atoms with Crippen molar-refractivity contribution in [3.8, 4) is 0 Å². The highest BCUT2D eigenvalue weighted by atomic mass is 16.4. The van der Waals surface area contributed by atoms with Gasteiger partial charge in [0.2, 0.25) is 5.91 Å². The van der Waals surface area contributed by atoms with E-state index in [1.807, 2.05) is 23.1 Å². The molecule has 0 spiro atoms. The number of benzene rings is 1. The van der Waals surface area contributed by atoms with E-state index in [0.29, 0.717) is 13.0 Å². The van der Waals surface area contributed by atoms with E-state index in [1.54, 1.807) is 0 Å². The van der Waals surface area contributed by atoms with Crippen LogP contribution in [0.3, 0.4) is 0 Å². The summed E-state index contributed by atoms with van der Waals surface area (Å²) in [5.74, 6) is 1.90. The van der Waals surface area contributed by atoms with Crippen molar-refractivity contribution in [1.29, 1.82) is 0 Å². The van der Waals surface area contributed by atoms with E-state index in [2.05, 4.69) is 22.4 Å². The maximum atomic E-state index is 12.5. The van der Waals surface area contributed by atoms with Crippen molar-refractivity contribution >= 4 is 5.91 Å². The normalized spacial score (nSPS) is 20.5. The Labute approximate surface area is 135 Å². The first kappa shape index (κ1) is 14.5. The van der Waals surface area contributed by atoms with E-state index in [0.717, 1.165) is 49.7 Å². The maximum Gasteiger partial charge on any atom is 0.240 e. The number of oxazole rings is 1. The van der Waals surface area contributed by atoms with Crippen LogP contribution in [0.5, 0.6) is 0 Å². The average Bonchev–Trinajstić information content (AvgIpc) is 3.23. The SMILES string of the molecule is O=C([C@@H]1CCCN1)N1CCc2oc(Cc3ccccc3)nc2C1. The summed E-state index contributed by atoms with van der Waals surface area (Å²) in [5.41, 5.74) is 2.11. The summed E-state index contributed by atoms with van der Waals surface area (Å²) >= 11 is 0. The van der Waals surface area contributed by atoms with Gasteiger partial charge < -0.3 is 14.6 Å². The fourth-order valence-electron chi connectivity index (χ4n) is 3.40. The number of nitrogens with zero attached hydrogens (tertiary/aromatic N) is 2. The molecule has 1 aromatic carbocycles. The summed E-state index contributed by atoms with van der Waals surface area (Å²) in [7, 11) is 0. The van der Waals surface area contributed by atoms with Gasteiger partial charge in [-0.25, -0.2) is 4.98 Å². The van der Waals surface area contributed by atoms with E-state index >= 15 is 0 Å². The van der Waals surface area contributed by atoms with Crippen molar-refractivity contribution in [3.05, 3.63) is 53.2 Å². The molecular weight excluding hydrogens is 290 g/mol. The molecule has 5 nitrogen and oxygen atoms in total. The van der Waals surface area contributed by atoms with Crippen LogP contribution in [0.4, 0.5) is 0 Å². The Morgan fingerprint density at radius 1 is 1.35 bits per heavy atom. The van der Waals surface area contributed by atoms with Crippen LogP contribution in [0.25, 0.3) is 0 Å². The molecule has 23 heavy (non-hydrogen) atoms. The van der Waals surface area contributed by atoms with Crippen LogP contribution in [0.2, 0.25) is 0 Å². The second-order valence-corrected chi connectivity index (χ2v) is 6.30. The van der Waals surface area contributed by atoms with Gasteiger partial charge in [-0.15, -0.1) is 0 Å². The van der Waals surface area contributed by atoms with E-state index in [9.17, 15) is 4.79 Å². The monoisotopic (exact) mass is 311 g/mol. The van der Waals surface area contributed by atoms with Crippen molar-refractivity contribution in [2.45, 2.75) is 38.3 Å². The van der Waals surface area contributed by atoms with Crippen molar-refractivity contribution in [1.82, 2.24) is 15.2 Å². The zero-order chi connectivity index (χ0) is 15.6. The first-order valence-electron chi connectivity index (χ1n) is 8.33. The van der Waals surface area contributed by atoms with Crippen LogP contribution in [-0.4, -0.2) is 34.9 Å². The Kier molecular flexibility index (Phi) is 3.87. The molecule has 0 radical (unpaired) electrons. The lowest BCUT2D eigenvalue weighted by atomic mass is 10.1. The van der Waals surface area contributed by atoms with E-state index in [4.69, 9.17) is 4.42 Å². The Hall–Kier alpha value is -2.14. The highest BCUT2D eigenvalue weighted by molar-refractivity contribution is 5.82. The number of nitrogens with one attached hydrogen (secondary N) is 1. The molecule has 2 aliphatic rings. The molecule has 2 aliphatic heterocycles. The van der Waals surface area contributed by atoms with Crippen molar-refractivity contribution in [2.75, 3.05) is 13.1 Å². The Bertz CT molecular complexity index is 690. The Morgan fingerprint density at radius 2 is 2.22 bits per heavy atom. The molecular formula is C18H21N3O2. The zero-order valence-corrected chi connectivity index (χ0v) is 13.1. The molecule has 0 aliphatic carbocycles. The summed E-state index contributed by atoms with van der Waals surface area (Å²) in [6.07, 6.45) is 3.49. The lowest BCUT2D eigenvalue weighted by Gasteiger charge is -2.27. The summed E-state index contributed by atoms with van der Waals surface area (Å²) in [6, 6.07) is 10.2. The second kappa shape index (κ2) is 6.16. The molecule has 0 unspecified atom stereocenters. The van der Waals surface area contributed by atoms with Crippen LogP contribution in [0.1, 0.15) is 35.7 Å². The number of hydrogen-bond acceptors (Lipinski definition) is 4. The van der Waals surface area contributed by atoms with Gasteiger partial charge in [0, 0.05) is 19.4 Å². The predicted molar refractivity (Wildman–Crippen MR) is 85.9 cm³/mol. The summed E-state index contributed by atoms with van der Waals surface area (Å²) < 4.78 is 5.90. The van der Waals surface area contributed by atoms with E-state index in [-0.39, 0.29) is 11.9 Å². The number of aromatic nitrogens is 1. The number of carbonyl (C=O) groups excluding carboxylic acids is 1. The fourth-order valence-corrected chi connectivity index (χ4v) is 3.40. The molecule has 1 N–H and O–H groups in total. The van der Waals surface area contributed by atoms with Gasteiger partial charge in [0.15, 0.2) is 5.89 Å². The maximum absolute atomic E-state index is 12.5. The second-order valence-electron chi connectivity index (χ2n) is 6.30. The lowest BCUT2D eigenvalue weighted by Crippen LogP contribution is -2.45. The molecule has 3 heterocycles. The van der Waals surface area contributed by atoms with E-state index < -0.39 is 0 Å². The third kappa shape index (κ3) is 3.01. The quantitative estimate of drug-likeness (QED) is 0.940. The molecule has 0 saturated carbocycles. The van der Waals surface area contributed by atoms with Gasteiger partial charge in [-0.05, 0) is 24.9 Å². The van der Waals surface area contributed by atoms with Crippen LogP contribution < -0.4 is 5.32 Å². The molecule has 1 atom stereocenters. The topological polar surface area (TPSA) is 58.4 Å². The molecule has 5 heteroatoms. The summed E-state index contributed by atoms with van der Waals surface area (Å²) in [4.78, 5) is 19.1. The highest BCUT2D eigenvalue weighted by Crippen LogP contribution is 2.22. The minimum Gasteiger partial charge on any atom is -0.445 e. The van der Waals surface area contributed by atoms with Crippen LogP contribution in [0, 0.1) is 0 Å². The van der Waals surface area contributed by atoms with Crippen LogP contribution in [0.15, 0.2) is 34.7 Å². The summed E-state index contributed by atoms with van der Waals surface area (Å²) in [6.45, 7) is 2.25. The molecule has 2 aromatic rings. The minimum atomic E-state index is -0.00719. The number of hydrogen-bond donors (Lipinski definition) is 1. The fraction of sp³-hybridized carbons (Fsp3) is 0.444. The molecule has 1 saturated heterocycles. The predicted octanol–water partition coefficient (Wildman–Crippen LogP) is 1.90. The molecule has 4 rings (SSSR count). The largest absolute Gasteiger partial charge is 0.445 e. The van der Waals surface area contributed by atoms with Crippen molar-refractivity contribution in [3.63, 3.8) is 0 Å². The Balaban J connectivity index is 1.46. The van der Waals surface area contributed by atoms with Gasteiger partial charge in [-0.1, -0.05) is 30.3 Å². The number of fused-ring (bicyclic) bond motifs is 1. The number of amides is 1. The van der Waals surface area contributed by atoms with Crippen LogP contribution in [-0.2, 0) is 24.2 Å². The third-order valence-corrected chi connectivity index (χ3v) is 4.64. The first-order chi connectivity index (χ1) is 11.3. The Morgan fingerprint density at radius 3 is 3.00 bits per heavy atom. The van der Waals surface area contributed by atoms with Gasteiger partial charge in [0.1, 0.15) is 11.5 Å². The lowest BCUT2D eigenvalue weighted by molar-refractivity contribution is -0.134. The van der Waals surface area contributed by atoms with Crippen molar-refractivity contribution < 1.29 is 9.21 Å². The highest BCUT2D eigenvalue weighted by Gasteiger charge is 2.31. The molecule has 1 aromatic heterocycles. The van der Waals surface area contributed by atoms with Gasteiger partial charge in [0.25, 0.3) is 0 Å². The zero-order valence-electron chi connectivity index (χ0n) is 13.1. The molecule has 0 bridgehead atoms. The number of rotatable bonds is 3. The first-order valence-corrected chi connectivity index (χ1v) is 8.33. The molecule has 1 amide bonds. The molecule has 1 fully saturated rings. The minimum absolute atomic E-state index is 0.00719. The van der Waals surface area contributed by atoms with Gasteiger partial charge in [-0.3, -0.25) is 4.79 Å². The third-order valence-electron chi connectivity index (χ3n) is 4.64. The van der Waals surface area contributed by atoms with Crippen molar-refractivity contribution in [2.24, 2.45) is 0 Å². The number of carbonyl (C=O) groups is 1. The van der Waals surface area contributed by atoms with Gasteiger partial charge in [-0.2, -0.15) is 0 Å². The van der Waals surface area contributed by atoms with Crippen LogP contribution >= 0.6 is 0 Å². The smallest absolute Gasteiger partial charge is 0.240 e. The van der Waals surface area contributed by atoms with Gasteiger partial charge >= 0.3 is 0 Å². The molecule has 120 valence electrons. The average molecular weight is 311 g/mol.